The van der Waals surface area contributed by atoms with Crippen molar-refractivity contribution in [2.75, 3.05) is 7.05 Å². The molecule has 26 heavy (non-hydrogen) atoms. The number of carbonyl (C=O) groups is 1. The van der Waals surface area contributed by atoms with Crippen LogP contribution in [0, 0.1) is 11.6 Å². The molecule has 2 atom stereocenters. The third-order valence-corrected chi connectivity index (χ3v) is 4.07. The Bertz CT molecular complexity index is 881. The average Bonchev–Trinajstić information content (AvgIpc) is 2.79. The maximum Gasteiger partial charge on any atom is 0.266 e. The van der Waals surface area contributed by atoms with Crippen LogP contribution in [0.2, 0.25) is 0 Å². The van der Waals surface area contributed by atoms with E-state index in [1.807, 2.05) is 0 Å². The summed E-state index contributed by atoms with van der Waals surface area (Å²) < 4.78 is 45.8. The fourth-order valence-corrected chi connectivity index (χ4v) is 2.93. The summed E-state index contributed by atoms with van der Waals surface area (Å²) in [5, 5.41) is 0. The molecule has 1 amide bonds. The van der Waals surface area contributed by atoms with Gasteiger partial charge in [0.1, 0.15) is 17.4 Å². The van der Waals surface area contributed by atoms with Crippen LogP contribution in [0.1, 0.15) is 18.1 Å². The van der Waals surface area contributed by atoms with Crippen molar-refractivity contribution in [3.8, 4) is 5.75 Å². The third kappa shape index (κ3) is 2.87. The first-order chi connectivity index (χ1) is 12.2. The highest BCUT2D eigenvalue weighted by Gasteiger charge is 2.50. The first-order valence-electron chi connectivity index (χ1n) is 7.75. The molecule has 2 unspecified atom stereocenters. The Morgan fingerprint density at radius 2 is 1.81 bits per heavy atom. The number of alkyl halides is 1. The van der Waals surface area contributed by atoms with Gasteiger partial charge < -0.3 is 10.5 Å². The molecule has 1 aliphatic rings. The van der Waals surface area contributed by atoms with E-state index in [2.05, 4.69) is 4.99 Å². The monoisotopic (exact) mass is 363 g/mol. The first kappa shape index (κ1) is 17.8. The van der Waals surface area contributed by atoms with Gasteiger partial charge in [0.15, 0.2) is 11.5 Å². The number of hydrogen-bond acceptors (Lipinski definition) is 4. The van der Waals surface area contributed by atoms with Crippen molar-refractivity contribution < 1.29 is 22.7 Å². The number of ether oxygens (including phenoxy) is 1. The zero-order valence-electron chi connectivity index (χ0n) is 14.0. The topological polar surface area (TPSA) is 67.9 Å². The molecule has 2 aromatic carbocycles. The number of nitrogens with two attached hydrogens (primary N) is 1. The Balaban J connectivity index is 2.25. The standard InChI is InChI=1S/C18H16F3N3O2/c1-10(19)26-15-5-3-4-11(8-15)18(16(25)24(2)17(22)23-18)12-6-13(20)9-14(21)7-12/h3-10H,1-2H3,(H2,22,23). The van der Waals surface area contributed by atoms with Crippen molar-refractivity contribution in [2.24, 2.45) is 10.7 Å². The summed E-state index contributed by atoms with van der Waals surface area (Å²) in [4.78, 5) is 18.3. The van der Waals surface area contributed by atoms with Crippen molar-refractivity contribution in [1.29, 1.82) is 0 Å². The normalized spacial score (nSPS) is 20.9. The van der Waals surface area contributed by atoms with Gasteiger partial charge in [0.05, 0.1) is 0 Å². The maximum absolute atomic E-state index is 13.8. The van der Waals surface area contributed by atoms with Gasteiger partial charge in [-0.1, -0.05) is 12.1 Å². The summed E-state index contributed by atoms with van der Waals surface area (Å²) >= 11 is 0. The number of rotatable bonds is 4. The van der Waals surface area contributed by atoms with E-state index in [0.29, 0.717) is 6.07 Å². The van der Waals surface area contributed by atoms with E-state index in [4.69, 9.17) is 10.5 Å². The molecule has 0 spiro atoms. The van der Waals surface area contributed by atoms with Crippen molar-refractivity contribution in [3.63, 3.8) is 0 Å². The lowest BCUT2D eigenvalue weighted by atomic mass is 9.82. The van der Waals surface area contributed by atoms with Gasteiger partial charge in [-0.25, -0.2) is 18.2 Å². The summed E-state index contributed by atoms with van der Waals surface area (Å²) in [5.74, 6) is -2.28. The lowest BCUT2D eigenvalue weighted by Gasteiger charge is -2.26. The number of amides is 1. The highest BCUT2D eigenvalue weighted by atomic mass is 19.1. The number of benzene rings is 2. The van der Waals surface area contributed by atoms with Crippen LogP contribution in [0.25, 0.3) is 0 Å². The summed E-state index contributed by atoms with van der Waals surface area (Å²) in [5.41, 5.74) is 4.22. The molecule has 1 aliphatic heterocycles. The molecule has 0 fully saturated rings. The number of aliphatic imine (C=N–C) groups is 1. The number of carbonyl (C=O) groups excluding carboxylic acids is 1. The Labute approximate surface area is 147 Å². The zero-order valence-corrected chi connectivity index (χ0v) is 14.0. The van der Waals surface area contributed by atoms with Crippen molar-refractivity contribution in [1.82, 2.24) is 4.90 Å². The molecular formula is C18H16F3N3O2. The predicted octanol–water partition coefficient (Wildman–Crippen LogP) is 2.69. The largest absolute Gasteiger partial charge is 0.461 e. The van der Waals surface area contributed by atoms with Crippen LogP contribution >= 0.6 is 0 Å². The minimum absolute atomic E-state index is 0.0299. The number of likely N-dealkylation sites (N-methyl/N-ethyl adjacent to an activating group) is 1. The van der Waals surface area contributed by atoms with Gasteiger partial charge in [-0.05, 0) is 35.4 Å². The fraction of sp³-hybridized carbons (Fsp3) is 0.222. The zero-order chi connectivity index (χ0) is 19.1. The third-order valence-electron chi connectivity index (χ3n) is 4.07. The van der Waals surface area contributed by atoms with Crippen LogP contribution in [0.15, 0.2) is 47.5 Å². The van der Waals surface area contributed by atoms with Crippen LogP contribution in [-0.4, -0.2) is 30.2 Å². The Morgan fingerprint density at radius 3 is 2.35 bits per heavy atom. The minimum atomic E-state index is -1.79. The molecule has 0 aliphatic carbocycles. The van der Waals surface area contributed by atoms with Gasteiger partial charge in [-0.15, -0.1) is 0 Å². The van der Waals surface area contributed by atoms with Crippen molar-refractivity contribution >= 4 is 11.9 Å². The molecule has 0 bridgehead atoms. The molecule has 5 nitrogen and oxygen atoms in total. The molecule has 1 heterocycles. The first-order valence-corrected chi connectivity index (χ1v) is 7.75. The second kappa shape index (κ2) is 6.36. The SMILES string of the molecule is CC(F)Oc1cccc(C2(c3cc(F)cc(F)c3)N=C(N)N(C)C2=O)c1. The predicted molar refractivity (Wildman–Crippen MR) is 89.2 cm³/mol. The van der Waals surface area contributed by atoms with Gasteiger partial charge in [0.2, 0.25) is 6.36 Å². The Morgan fingerprint density at radius 1 is 1.15 bits per heavy atom. The Hall–Kier alpha value is -3.03. The highest BCUT2D eigenvalue weighted by Crippen LogP contribution is 2.40. The molecule has 0 radical (unpaired) electrons. The molecule has 2 N–H and O–H groups in total. The fourth-order valence-electron chi connectivity index (χ4n) is 2.93. The summed E-state index contributed by atoms with van der Waals surface area (Å²) in [6.07, 6.45) is -1.58. The second-order valence-electron chi connectivity index (χ2n) is 5.89. The molecule has 3 rings (SSSR count). The van der Waals surface area contributed by atoms with E-state index in [1.54, 1.807) is 0 Å². The molecule has 2 aromatic rings. The number of hydrogen-bond donors (Lipinski definition) is 1. The van der Waals surface area contributed by atoms with Gasteiger partial charge >= 0.3 is 0 Å². The minimum Gasteiger partial charge on any atom is -0.461 e. The lowest BCUT2D eigenvalue weighted by molar-refractivity contribution is -0.129. The highest BCUT2D eigenvalue weighted by molar-refractivity contribution is 6.08. The van der Waals surface area contributed by atoms with Crippen molar-refractivity contribution in [3.05, 3.63) is 65.2 Å². The smallest absolute Gasteiger partial charge is 0.266 e. The molecule has 136 valence electrons. The van der Waals surface area contributed by atoms with Crippen LogP contribution in [0.3, 0.4) is 0 Å². The maximum atomic E-state index is 13.8. The van der Waals surface area contributed by atoms with Crippen LogP contribution in [-0.2, 0) is 10.3 Å². The molecule has 0 saturated carbocycles. The van der Waals surface area contributed by atoms with E-state index in [1.165, 1.54) is 38.2 Å². The summed E-state index contributed by atoms with van der Waals surface area (Å²) in [6.45, 7) is 1.20. The molecular weight excluding hydrogens is 347 g/mol. The second-order valence-corrected chi connectivity index (χ2v) is 5.89. The van der Waals surface area contributed by atoms with Crippen LogP contribution in [0.4, 0.5) is 13.2 Å². The van der Waals surface area contributed by atoms with Gasteiger partial charge in [0.25, 0.3) is 5.91 Å². The van der Waals surface area contributed by atoms with E-state index in [9.17, 15) is 18.0 Å². The van der Waals surface area contributed by atoms with Crippen LogP contribution < -0.4 is 10.5 Å². The summed E-state index contributed by atoms with van der Waals surface area (Å²) in [6, 6.07) is 8.68. The molecule has 8 heteroatoms. The molecule has 0 saturated heterocycles. The van der Waals surface area contributed by atoms with Gasteiger partial charge in [-0.2, -0.15) is 0 Å². The van der Waals surface area contributed by atoms with Crippen molar-refractivity contribution in [2.45, 2.75) is 18.8 Å². The summed E-state index contributed by atoms with van der Waals surface area (Å²) in [7, 11) is 1.41. The van der Waals surface area contributed by atoms with E-state index in [-0.39, 0.29) is 22.8 Å². The lowest BCUT2D eigenvalue weighted by Crippen LogP contribution is -2.41. The van der Waals surface area contributed by atoms with E-state index < -0.39 is 29.4 Å². The average molecular weight is 363 g/mol. The van der Waals surface area contributed by atoms with Gasteiger partial charge in [-0.3, -0.25) is 9.69 Å². The van der Waals surface area contributed by atoms with E-state index >= 15 is 0 Å². The Kier molecular flexibility index (Phi) is 4.35. The van der Waals surface area contributed by atoms with Gasteiger partial charge in [0, 0.05) is 20.0 Å². The quantitative estimate of drug-likeness (QED) is 0.908. The number of halogens is 3. The number of guanidine groups is 1. The number of nitrogens with zero attached hydrogens (tertiary/aromatic N) is 2. The molecule has 0 aromatic heterocycles. The van der Waals surface area contributed by atoms with Crippen LogP contribution in [0.5, 0.6) is 5.75 Å². The van der Waals surface area contributed by atoms with E-state index in [0.717, 1.165) is 17.0 Å².